The average Bonchev–Trinajstić information content (AvgIpc) is 2.53. The summed E-state index contributed by atoms with van der Waals surface area (Å²) in [4.78, 5) is 20.6. The maximum atomic E-state index is 12.2. The third-order valence-corrected chi connectivity index (χ3v) is 5.57. The van der Waals surface area contributed by atoms with Gasteiger partial charge in [0.1, 0.15) is 0 Å². The van der Waals surface area contributed by atoms with Crippen LogP contribution in [0.15, 0.2) is 39.0 Å². The molecule has 1 aromatic heterocycles. The quantitative estimate of drug-likeness (QED) is 0.798. The van der Waals surface area contributed by atoms with Gasteiger partial charge in [0, 0.05) is 16.0 Å². The smallest absolute Gasteiger partial charge is 0.266 e. The van der Waals surface area contributed by atoms with E-state index in [2.05, 4.69) is 15.3 Å². The summed E-state index contributed by atoms with van der Waals surface area (Å²) in [6, 6.07) is 5.60. The van der Waals surface area contributed by atoms with Crippen molar-refractivity contribution in [2.24, 2.45) is 0 Å². The van der Waals surface area contributed by atoms with Crippen LogP contribution in [0.4, 0.5) is 5.95 Å². The Morgan fingerprint density at radius 2 is 1.96 bits per heavy atom. The van der Waals surface area contributed by atoms with E-state index in [0.29, 0.717) is 26.9 Å². The minimum atomic E-state index is -0.172. The molecular weight excluding hydrogens is 353 g/mol. The van der Waals surface area contributed by atoms with Crippen LogP contribution in [0, 0.1) is 0 Å². The van der Waals surface area contributed by atoms with E-state index in [1.165, 1.54) is 31.0 Å². The van der Waals surface area contributed by atoms with Crippen molar-refractivity contribution in [2.45, 2.75) is 47.9 Å². The second-order valence-electron chi connectivity index (χ2n) is 5.58. The van der Waals surface area contributed by atoms with Crippen molar-refractivity contribution >= 4 is 40.9 Å². The number of hydrogen-bond acceptors (Lipinski definition) is 4. The summed E-state index contributed by atoms with van der Waals surface area (Å²) < 4.78 is 0. The number of anilines is 1. The lowest BCUT2D eigenvalue weighted by Crippen LogP contribution is -2.25. The fourth-order valence-electron chi connectivity index (χ4n) is 2.65. The minimum absolute atomic E-state index is 0.172. The van der Waals surface area contributed by atoms with E-state index < -0.39 is 0 Å². The van der Waals surface area contributed by atoms with Gasteiger partial charge >= 0.3 is 0 Å². The predicted octanol–water partition coefficient (Wildman–Crippen LogP) is 4.97. The van der Waals surface area contributed by atoms with Crippen molar-refractivity contribution in [3.05, 3.63) is 44.8 Å². The Kier molecular flexibility index (Phi) is 5.51. The number of hydrogen-bond donors (Lipinski definition) is 2. The van der Waals surface area contributed by atoms with Gasteiger partial charge < -0.3 is 5.32 Å². The molecule has 1 aliphatic carbocycles. The summed E-state index contributed by atoms with van der Waals surface area (Å²) >= 11 is 13.3. The molecule has 3 rings (SSSR count). The van der Waals surface area contributed by atoms with E-state index >= 15 is 0 Å². The minimum Gasteiger partial charge on any atom is -0.353 e. The van der Waals surface area contributed by atoms with Gasteiger partial charge in [-0.25, -0.2) is 4.98 Å². The zero-order chi connectivity index (χ0) is 16.2. The molecular formula is C16H17Cl2N3OS. The Bertz CT molecular complexity index is 744. The molecule has 1 heterocycles. The normalized spacial score (nSPS) is 15.6. The Hall–Kier alpha value is -1.17. The summed E-state index contributed by atoms with van der Waals surface area (Å²) in [5.41, 5.74) is -0.172. The summed E-state index contributed by atoms with van der Waals surface area (Å²) in [5.74, 6) is 0.536. The largest absolute Gasteiger partial charge is 0.353 e. The zero-order valence-corrected chi connectivity index (χ0v) is 14.8. The number of H-pyrrole nitrogens is 1. The molecule has 122 valence electrons. The molecule has 23 heavy (non-hydrogen) atoms. The van der Waals surface area contributed by atoms with Crippen LogP contribution in [0.25, 0.3) is 0 Å². The van der Waals surface area contributed by atoms with Crippen molar-refractivity contribution in [1.29, 1.82) is 0 Å². The SMILES string of the molecule is O=c1[nH]c(NC2CCCCC2)ncc1Sc1ccc(Cl)cc1Cl. The summed E-state index contributed by atoms with van der Waals surface area (Å²) in [6.45, 7) is 0. The molecule has 0 atom stereocenters. The lowest BCUT2D eigenvalue weighted by molar-refractivity contribution is 0.460. The summed E-state index contributed by atoms with van der Waals surface area (Å²) in [5, 5.41) is 4.40. The molecule has 0 spiro atoms. The van der Waals surface area contributed by atoms with Gasteiger partial charge in [-0.05, 0) is 31.0 Å². The van der Waals surface area contributed by atoms with Crippen molar-refractivity contribution in [3.63, 3.8) is 0 Å². The first-order valence-corrected chi connectivity index (χ1v) is 9.18. The van der Waals surface area contributed by atoms with Crippen LogP contribution in [0.5, 0.6) is 0 Å². The average molecular weight is 370 g/mol. The first-order chi connectivity index (χ1) is 11.1. The van der Waals surface area contributed by atoms with Gasteiger partial charge in [-0.1, -0.05) is 54.2 Å². The number of halogens is 2. The third-order valence-electron chi connectivity index (χ3n) is 3.83. The van der Waals surface area contributed by atoms with E-state index in [1.54, 1.807) is 24.4 Å². The van der Waals surface area contributed by atoms with Crippen molar-refractivity contribution in [1.82, 2.24) is 9.97 Å². The molecule has 2 aromatic rings. The van der Waals surface area contributed by atoms with E-state index in [9.17, 15) is 4.79 Å². The topological polar surface area (TPSA) is 57.8 Å². The fraction of sp³-hybridized carbons (Fsp3) is 0.375. The van der Waals surface area contributed by atoms with Crippen LogP contribution in [-0.4, -0.2) is 16.0 Å². The second-order valence-corrected chi connectivity index (χ2v) is 7.51. The molecule has 7 heteroatoms. The fourth-order valence-corrected chi connectivity index (χ4v) is 3.95. The van der Waals surface area contributed by atoms with Crippen LogP contribution in [0.2, 0.25) is 10.0 Å². The Morgan fingerprint density at radius 3 is 2.65 bits per heavy atom. The van der Waals surface area contributed by atoms with Crippen LogP contribution >= 0.6 is 35.0 Å². The molecule has 0 radical (unpaired) electrons. The highest BCUT2D eigenvalue weighted by Crippen LogP contribution is 2.33. The van der Waals surface area contributed by atoms with Gasteiger partial charge in [-0.15, -0.1) is 0 Å². The molecule has 1 aliphatic rings. The number of rotatable bonds is 4. The molecule has 0 aliphatic heterocycles. The first-order valence-electron chi connectivity index (χ1n) is 7.60. The van der Waals surface area contributed by atoms with Gasteiger partial charge in [-0.3, -0.25) is 9.78 Å². The Morgan fingerprint density at radius 1 is 1.17 bits per heavy atom. The molecule has 1 aromatic carbocycles. The van der Waals surface area contributed by atoms with Gasteiger partial charge in [0.15, 0.2) is 0 Å². The van der Waals surface area contributed by atoms with E-state index in [1.807, 2.05) is 0 Å². The Labute approximate surface area is 149 Å². The van der Waals surface area contributed by atoms with Crippen molar-refractivity contribution < 1.29 is 0 Å². The lowest BCUT2D eigenvalue weighted by Gasteiger charge is -2.22. The predicted molar refractivity (Wildman–Crippen MR) is 95.9 cm³/mol. The highest BCUT2D eigenvalue weighted by Gasteiger charge is 2.14. The molecule has 0 amide bonds. The van der Waals surface area contributed by atoms with Gasteiger partial charge in [0.05, 0.1) is 16.1 Å². The van der Waals surface area contributed by atoms with Crippen molar-refractivity contribution in [2.75, 3.05) is 5.32 Å². The van der Waals surface area contributed by atoms with E-state index in [4.69, 9.17) is 23.2 Å². The molecule has 1 fully saturated rings. The van der Waals surface area contributed by atoms with Crippen LogP contribution in [0.3, 0.4) is 0 Å². The van der Waals surface area contributed by atoms with Crippen molar-refractivity contribution in [3.8, 4) is 0 Å². The number of aromatic nitrogens is 2. The van der Waals surface area contributed by atoms with Gasteiger partial charge in [-0.2, -0.15) is 0 Å². The molecule has 1 saturated carbocycles. The van der Waals surface area contributed by atoms with Crippen LogP contribution in [0.1, 0.15) is 32.1 Å². The first kappa shape index (κ1) is 16.7. The number of benzene rings is 1. The molecule has 2 N–H and O–H groups in total. The maximum absolute atomic E-state index is 12.2. The molecule has 0 saturated heterocycles. The lowest BCUT2D eigenvalue weighted by atomic mass is 9.96. The molecule has 4 nitrogen and oxygen atoms in total. The number of nitrogens with one attached hydrogen (secondary N) is 2. The highest BCUT2D eigenvalue weighted by atomic mass is 35.5. The van der Waals surface area contributed by atoms with Crippen LogP contribution in [-0.2, 0) is 0 Å². The molecule has 0 bridgehead atoms. The standard InChI is InChI=1S/C16H17Cl2N3OS/c17-10-6-7-13(12(18)8-10)23-14-9-19-16(21-15(14)22)20-11-4-2-1-3-5-11/h6-9,11H,1-5H2,(H2,19,20,21,22). The second kappa shape index (κ2) is 7.60. The van der Waals surface area contributed by atoms with E-state index in [0.717, 1.165) is 17.7 Å². The summed E-state index contributed by atoms with van der Waals surface area (Å²) in [6.07, 6.45) is 7.58. The van der Waals surface area contributed by atoms with Gasteiger partial charge in [0.25, 0.3) is 5.56 Å². The summed E-state index contributed by atoms with van der Waals surface area (Å²) in [7, 11) is 0. The van der Waals surface area contributed by atoms with Gasteiger partial charge in [0.2, 0.25) is 5.95 Å². The monoisotopic (exact) mass is 369 g/mol. The maximum Gasteiger partial charge on any atom is 0.266 e. The zero-order valence-electron chi connectivity index (χ0n) is 12.4. The third kappa shape index (κ3) is 4.43. The highest BCUT2D eigenvalue weighted by molar-refractivity contribution is 7.99. The Balaban J connectivity index is 1.72. The number of aromatic amines is 1. The van der Waals surface area contributed by atoms with Crippen LogP contribution < -0.4 is 10.9 Å². The molecule has 0 unspecified atom stereocenters. The number of nitrogens with zero attached hydrogens (tertiary/aromatic N) is 1. The van der Waals surface area contributed by atoms with E-state index in [-0.39, 0.29) is 5.56 Å².